The molecule has 0 spiro atoms. The minimum absolute atomic E-state index is 0.430. The third kappa shape index (κ3) is 3.39. The molecule has 1 atom stereocenters. The van der Waals surface area contributed by atoms with E-state index in [1.807, 2.05) is 23.6 Å². The molecule has 0 aromatic carbocycles. The Kier molecular flexibility index (Phi) is 4.90. The van der Waals surface area contributed by atoms with Crippen LogP contribution in [-0.2, 0) is 17.6 Å². The van der Waals surface area contributed by atoms with Gasteiger partial charge in [-0.15, -0.1) is 11.3 Å². The number of pyridine rings is 1. The van der Waals surface area contributed by atoms with Crippen LogP contribution in [0.1, 0.15) is 29.7 Å². The van der Waals surface area contributed by atoms with Crippen molar-refractivity contribution in [1.29, 1.82) is 0 Å². The molecule has 5 heterocycles. The molecule has 2 saturated heterocycles. The van der Waals surface area contributed by atoms with Crippen molar-refractivity contribution in [2.75, 3.05) is 44.2 Å². The highest BCUT2D eigenvalue weighted by atomic mass is 32.1. The van der Waals surface area contributed by atoms with E-state index in [0.29, 0.717) is 6.10 Å². The second kappa shape index (κ2) is 7.87. The van der Waals surface area contributed by atoms with Gasteiger partial charge < -0.3 is 9.64 Å². The topological polar surface area (TPSA) is 54.4 Å². The van der Waals surface area contributed by atoms with Crippen molar-refractivity contribution in [3.63, 3.8) is 0 Å². The van der Waals surface area contributed by atoms with Gasteiger partial charge in [0.1, 0.15) is 10.6 Å². The summed E-state index contributed by atoms with van der Waals surface area (Å²) in [5.74, 6) is 1.93. The number of piperazine rings is 1. The molecule has 0 N–H and O–H groups in total. The van der Waals surface area contributed by atoms with Gasteiger partial charge in [0.2, 0.25) is 0 Å². The van der Waals surface area contributed by atoms with E-state index in [1.165, 1.54) is 41.5 Å². The Morgan fingerprint density at radius 2 is 2.03 bits per heavy atom. The van der Waals surface area contributed by atoms with Crippen LogP contribution in [-0.4, -0.2) is 65.3 Å². The molecule has 0 saturated carbocycles. The Bertz CT molecular complexity index is 1040. The van der Waals surface area contributed by atoms with Crippen LogP contribution in [0.2, 0.25) is 0 Å². The number of aryl methyl sites for hydroxylation is 2. The highest BCUT2D eigenvalue weighted by Crippen LogP contribution is 2.41. The molecule has 1 aliphatic carbocycles. The van der Waals surface area contributed by atoms with Crippen molar-refractivity contribution in [3.05, 3.63) is 35.0 Å². The normalized spacial score (nSPS) is 22.1. The Labute approximate surface area is 180 Å². The average Bonchev–Trinajstić information content (AvgIpc) is 3.52. The standard InChI is InChI=1S/C23H27N5OS/c1-6-18-19(7-1)30-23-20(18)22(25-21(26-23)16-4-2-8-24-14-16)28-11-9-27(10-12-28)15-17-5-3-13-29-17/h2,4,8,14,17H,1,3,5-7,9-13,15H2. The van der Waals surface area contributed by atoms with Crippen LogP contribution in [0.25, 0.3) is 21.6 Å². The zero-order valence-electron chi connectivity index (χ0n) is 17.2. The van der Waals surface area contributed by atoms with Crippen molar-refractivity contribution in [3.8, 4) is 11.4 Å². The maximum absolute atomic E-state index is 5.85. The summed E-state index contributed by atoms with van der Waals surface area (Å²) in [5.41, 5.74) is 2.50. The van der Waals surface area contributed by atoms with E-state index < -0.39 is 0 Å². The maximum atomic E-state index is 5.85. The first-order valence-corrected chi connectivity index (χ1v) is 12.0. The second-order valence-corrected chi connectivity index (χ2v) is 9.66. The van der Waals surface area contributed by atoms with Gasteiger partial charge >= 0.3 is 0 Å². The molecule has 0 bridgehead atoms. The molecular weight excluding hydrogens is 394 g/mol. The molecule has 156 valence electrons. The predicted octanol–water partition coefficient (Wildman–Crippen LogP) is 3.54. The van der Waals surface area contributed by atoms with E-state index in [9.17, 15) is 0 Å². The Balaban J connectivity index is 1.32. The molecule has 6 nitrogen and oxygen atoms in total. The van der Waals surface area contributed by atoms with E-state index in [1.54, 1.807) is 6.20 Å². The fraction of sp³-hybridized carbons (Fsp3) is 0.522. The van der Waals surface area contributed by atoms with Gasteiger partial charge in [0, 0.05) is 62.2 Å². The number of nitrogens with zero attached hydrogens (tertiary/aromatic N) is 5. The number of fused-ring (bicyclic) bond motifs is 3. The van der Waals surface area contributed by atoms with E-state index in [4.69, 9.17) is 14.7 Å². The molecule has 30 heavy (non-hydrogen) atoms. The van der Waals surface area contributed by atoms with Crippen LogP contribution < -0.4 is 4.90 Å². The smallest absolute Gasteiger partial charge is 0.164 e. The molecule has 7 heteroatoms. The van der Waals surface area contributed by atoms with Gasteiger partial charge in [-0.2, -0.15) is 0 Å². The highest BCUT2D eigenvalue weighted by Gasteiger charge is 2.28. The predicted molar refractivity (Wildman–Crippen MR) is 120 cm³/mol. The van der Waals surface area contributed by atoms with Gasteiger partial charge in [-0.3, -0.25) is 9.88 Å². The lowest BCUT2D eigenvalue weighted by Crippen LogP contribution is -2.48. The van der Waals surface area contributed by atoms with Crippen molar-refractivity contribution in [2.24, 2.45) is 0 Å². The van der Waals surface area contributed by atoms with Gasteiger partial charge in [0.15, 0.2) is 5.82 Å². The first-order chi connectivity index (χ1) is 14.8. The molecule has 6 rings (SSSR count). The molecule has 1 unspecified atom stereocenters. The summed E-state index contributed by atoms with van der Waals surface area (Å²) in [6, 6.07) is 4.01. The number of thiophene rings is 1. The highest BCUT2D eigenvalue weighted by molar-refractivity contribution is 7.19. The van der Waals surface area contributed by atoms with Crippen LogP contribution in [0.15, 0.2) is 24.5 Å². The third-order valence-corrected chi connectivity index (χ3v) is 7.81. The zero-order valence-corrected chi connectivity index (χ0v) is 18.0. The van der Waals surface area contributed by atoms with Gasteiger partial charge in [-0.1, -0.05) is 0 Å². The number of hydrogen-bond acceptors (Lipinski definition) is 7. The Hall–Kier alpha value is -2.09. The van der Waals surface area contributed by atoms with E-state index in [0.717, 1.165) is 67.8 Å². The fourth-order valence-corrected chi connectivity index (χ4v) is 6.30. The molecular formula is C23H27N5OS. The summed E-state index contributed by atoms with van der Waals surface area (Å²) in [4.78, 5) is 22.1. The molecule has 0 radical (unpaired) electrons. The molecule has 0 amide bonds. The second-order valence-electron chi connectivity index (χ2n) is 8.57. The summed E-state index contributed by atoms with van der Waals surface area (Å²) in [7, 11) is 0. The number of hydrogen-bond donors (Lipinski definition) is 0. The molecule has 3 aromatic heterocycles. The monoisotopic (exact) mass is 421 g/mol. The van der Waals surface area contributed by atoms with Crippen LogP contribution in [0.3, 0.4) is 0 Å². The SMILES string of the molecule is c1cncc(-c2nc(N3CCN(CC4CCCO4)CC3)c3c4c(sc3n2)CCC4)c1. The van der Waals surface area contributed by atoms with Crippen molar-refractivity contribution >= 4 is 27.4 Å². The van der Waals surface area contributed by atoms with E-state index in [2.05, 4.69) is 20.9 Å². The minimum Gasteiger partial charge on any atom is -0.377 e. The van der Waals surface area contributed by atoms with Gasteiger partial charge in [0.05, 0.1) is 11.5 Å². The van der Waals surface area contributed by atoms with Gasteiger partial charge in [-0.25, -0.2) is 9.97 Å². The molecule has 2 fully saturated rings. The number of ether oxygens (including phenoxy) is 1. The molecule has 2 aliphatic heterocycles. The van der Waals surface area contributed by atoms with Crippen molar-refractivity contribution < 1.29 is 4.74 Å². The van der Waals surface area contributed by atoms with E-state index in [-0.39, 0.29) is 0 Å². The maximum Gasteiger partial charge on any atom is 0.164 e. The summed E-state index contributed by atoms with van der Waals surface area (Å²) in [6.07, 6.45) is 10.1. The average molecular weight is 422 g/mol. The number of rotatable bonds is 4. The zero-order chi connectivity index (χ0) is 19.9. The van der Waals surface area contributed by atoms with Crippen LogP contribution in [0.5, 0.6) is 0 Å². The Morgan fingerprint density at radius 3 is 2.83 bits per heavy atom. The first-order valence-electron chi connectivity index (χ1n) is 11.2. The lowest BCUT2D eigenvalue weighted by atomic mass is 10.1. The molecule has 3 aliphatic rings. The lowest BCUT2D eigenvalue weighted by molar-refractivity contribution is 0.0712. The number of anilines is 1. The van der Waals surface area contributed by atoms with Crippen molar-refractivity contribution in [2.45, 2.75) is 38.2 Å². The van der Waals surface area contributed by atoms with Gasteiger partial charge in [-0.05, 0) is 49.8 Å². The van der Waals surface area contributed by atoms with Crippen molar-refractivity contribution in [1.82, 2.24) is 19.9 Å². The lowest BCUT2D eigenvalue weighted by Gasteiger charge is -2.36. The Morgan fingerprint density at radius 1 is 1.10 bits per heavy atom. The van der Waals surface area contributed by atoms with Crippen LogP contribution in [0, 0.1) is 0 Å². The van der Waals surface area contributed by atoms with Gasteiger partial charge in [0.25, 0.3) is 0 Å². The van der Waals surface area contributed by atoms with Crippen LogP contribution >= 0.6 is 11.3 Å². The minimum atomic E-state index is 0.430. The van der Waals surface area contributed by atoms with E-state index >= 15 is 0 Å². The van der Waals surface area contributed by atoms with Crippen LogP contribution in [0.4, 0.5) is 5.82 Å². The largest absolute Gasteiger partial charge is 0.377 e. The quantitative estimate of drug-likeness (QED) is 0.642. The summed E-state index contributed by atoms with van der Waals surface area (Å²) < 4.78 is 5.85. The third-order valence-electron chi connectivity index (χ3n) is 6.62. The summed E-state index contributed by atoms with van der Waals surface area (Å²) in [6.45, 7) is 6.16. The molecule has 3 aromatic rings. The summed E-state index contributed by atoms with van der Waals surface area (Å²) >= 11 is 1.87. The first kappa shape index (κ1) is 18.7. The fourth-order valence-electron chi connectivity index (χ4n) is 5.05. The summed E-state index contributed by atoms with van der Waals surface area (Å²) in [5, 5.41) is 1.31. The number of aromatic nitrogens is 3.